The van der Waals surface area contributed by atoms with Gasteiger partial charge in [0.15, 0.2) is 11.0 Å². The molecule has 0 radical (unpaired) electrons. The fourth-order valence-electron chi connectivity index (χ4n) is 8.90. The first kappa shape index (κ1) is 92.9. The molecule has 0 unspecified atom stereocenters. The number of hydrazone groups is 2. The van der Waals surface area contributed by atoms with E-state index in [1.807, 2.05) is 20.8 Å². The van der Waals surface area contributed by atoms with Gasteiger partial charge >= 0.3 is 162 Å². The van der Waals surface area contributed by atoms with Crippen LogP contribution < -0.4 is 163 Å². The van der Waals surface area contributed by atoms with Crippen LogP contribution in [0.3, 0.4) is 0 Å². The van der Waals surface area contributed by atoms with Crippen molar-refractivity contribution in [1.29, 1.82) is 0 Å². The molecule has 4 saturated heterocycles. The van der Waals surface area contributed by atoms with Crippen LogP contribution in [0, 0.1) is 46.5 Å². The number of hydrogen-bond acceptors (Lipinski definition) is 25. The minimum Gasteiger partial charge on any atom is -1.00 e. The number of rotatable bonds is 9. The molecule has 2 atom stereocenters. The zero-order chi connectivity index (χ0) is 77.7. The summed E-state index contributed by atoms with van der Waals surface area (Å²) in [6, 6.07) is 4.33. The van der Waals surface area contributed by atoms with Gasteiger partial charge in [-0.2, -0.15) is 38.3 Å². The molecular weight excluding hydrogens is 1800 g/mol. The number of aliphatic hydroxyl groups is 1. The molecule has 13 rings (SSSR count). The molecule has 108 heavy (non-hydrogen) atoms. The van der Waals surface area contributed by atoms with E-state index in [1.165, 1.54) is 78.5 Å². The number of hydrogen-bond donors (Lipinski definition) is 2. The number of imidazole rings is 1. The quantitative estimate of drug-likeness (QED) is 0.0519. The van der Waals surface area contributed by atoms with Crippen molar-refractivity contribution in [3.05, 3.63) is 164 Å². The second kappa shape index (κ2) is 44.0. The molecule has 2 aromatic carbocycles. The number of likely N-dealkylation sites (tertiary alicyclic amines) is 3. The average molecular weight is 1860 g/mol. The van der Waals surface area contributed by atoms with Gasteiger partial charge in [0.25, 0.3) is 24.1 Å². The molecule has 0 spiro atoms. The van der Waals surface area contributed by atoms with Crippen molar-refractivity contribution in [2.75, 3.05) is 52.4 Å². The molecule has 11 heterocycles. The Morgan fingerprint density at radius 1 is 0.546 bits per heavy atom. The summed E-state index contributed by atoms with van der Waals surface area (Å²) >= 11 is 27.1. The number of nitrogens with one attached hydrogen (secondary N) is 1. The Kier molecular flexibility index (Phi) is 37.8. The summed E-state index contributed by atoms with van der Waals surface area (Å²) in [5.74, 6) is -6.08. The third-order valence-electron chi connectivity index (χ3n) is 13.8. The van der Waals surface area contributed by atoms with Gasteiger partial charge in [0, 0.05) is 62.9 Å². The van der Waals surface area contributed by atoms with Gasteiger partial charge in [0.05, 0.1) is 82.2 Å². The third kappa shape index (κ3) is 29.8. The van der Waals surface area contributed by atoms with Gasteiger partial charge in [0.2, 0.25) is 38.6 Å². The number of benzene rings is 2. The first-order valence-electron chi connectivity index (χ1n) is 30.9. The summed E-state index contributed by atoms with van der Waals surface area (Å²) in [6.45, 7) is 13.8. The summed E-state index contributed by atoms with van der Waals surface area (Å²) in [4.78, 5) is 95.2. The zero-order valence-corrected chi connectivity index (χ0v) is 74.5. The smallest absolute Gasteiger partial charge is 1.00 e. The second-order valence-corrected chi connectivity index (χ2v) is 26.0. The normalized spacial score (nSPS) is 16.2. The summed E-state index contributed by atoms with van der Waals surface area (Å²) < 4.78 is 133. The standard InChI is InChI=1S/C17H13ClF3N5O2.C13H10F2N4O.C12H15ClFN3O3.C8H15NO3.C7H7ClFN3O.C4HCl2FN2.CH2O3.2Cs.H/c18-16-22-6-13(21)15(24-16)28-12-7-25(8-12)17(27)26-14(1-2-23-26)9-3-10(19)5-11(20)4-9;14-10-5-9(6-11(15)7-10)12-1-2-17-19(12)13(20)18-4-3-16-8-18;1-12(2,3)20-11(18)17-5-7(6-17)19-9-8(14)4-15-10(13)16-9;1-8(2,3)12-7(11)9-4-6(10)5-9;8-7-11-3-5(9)6(12-7)13-4-1-10-2-4;5-3-2(7)1-8-4(6)9-3;2-1-4-3;;;/h2-6,12,14H,1,7-8H2;2-8,12H,1H2;4,7H,5-6H2,1-3H3;6,10H,4-5H2,1-3H3;3-4,10H,1-2H2;1H;1,3H;;;/q;;;;;;;2*+1;-1/p-1/t14-;12-;;;;;;;;/m00......../s1. The molecule has 572 valence electrons. The topological polar surface area (TPSA) is 358 Å². The summed E-state index contributed by atoms with van der Waals surface area (Å²) in [7, 11) is 0. The Bertz CT molecular complexity index is 4210. The monoisotopic (exact) mass is 1860 g/mol. The number of amides is 5. The molecule has 5 amide bonds. The average Bonchev–Trinajstić information content (AvgIpc) is 1.78. The van der Waals surface area contributed by atoms with E-state index in [9.17, 15) is 54.3 Å². The summed E-state index contributed by atoms with van der Waals surface area (Å²) in [5.41, 5.74) is -0.310. The number of ether oxygens (including phenoxy) is 5. The number of β-amino-alcohol motifs (C(OH)–C–C–N with tert-alkyl or cyclic N) is 1. The van der Waals surface area contributed by atoms with Crippen molar-refractivity contribution in [2.45, 2.75) is 102 Å². The number of carbonyl (C=O) groups excluding carboxylic acids is 5. The van der Waals surface area contributed by atoms with Gasteiger partial charge in [0.1, 0.15) is 59.1 Å². The number of aromatic nitrogens is 10. The van der Waals surface area contributed by atoms with E-state index in [0.29, 0.717) is 63.2 Å². The van der Waals surface area contributed by atoms with Crippen LogP contribution in [0.1, 0.15) is 79.0 Å². The number of carbonyl (C=O) groups is 5. The Morgan fingerprint density at radius 2 is 0.907 bits per heavy atom. The van der Waals surface area contributed by atoms with Crippen LogP contribution in [0.5, 0.6) is 17.6 Å². The van der Waals surface area contributed by atoms with E-state index in [4.69, 9.17) is 96.8 Å². The fourth-order valence-corrected chi connectivity index (χ4v) is 9.58. The molecule has 31 nitrogen and oxygen atoms in total. The van der Waals surface area contributed by atoms with Crippen molar-refractivity contribution < 1.29 is 237 Å². The van der Waals surface area contributed by atoms with E-state index >= 15 is 0 Å². The van der Waals surface area contributed by atoms with Crippen molar-refractivity contribution in [2.24, 2.45) is 10.2 Å². The number of aliphatic hydroxyl groups excluding tert-OH is 1. The van der Waals surface area contributed by atoms with Crippen LogP contribution in [0.2, 0.25) is 26.3 Å². The Balaban J connectivity index is 0.000000281. The van der Waals surface area contributed by atoms with Gasteiger partial charge < -0.3 is 60.4 Å². The molecular formula is C62H63Cl5Cs2F8N18O13. The third-order valence-corrected chi connectivity index (χ3v) is 14.8. The molecule has 46 heteroatoms. The largest absolute Gasteiger partial charge is 1.00 e. The minimum atomic E-state index is -0.758. The van der Waals surface area contributed by atoms with Gasteiger partial charge in [-0.25, -0.2) is 81.1 Å². The molecule has 4 fully saturated rings. The molecule has 6 aliphatic rings. The molecule has 5 aromatic heterocycles. The van der Waals surface area contributed by atoms with Crippen molar-refractivity contribution >= 4 is 101 Å². The van der Waals surface area contributed by atoms with Crippen LogP contribution >= 0.6 is 58.0 Å². The predicted octanol–water partition coefficient (Wildman–Crippen LogP) is 3.69. The van der Waals surface area contributed by atoms with Crippen LogP contribution in [-0.2, 0) is 19.2 Å². The van der Waals surface area contributed by atoms with E-state index < -0.39 is 94.1 Å². The van der Waals surface area contributed by atoms with Crippen molar-refractivity contribution in [3.63, 3.8) is 0 Å². The number of nitrogens with zero attached hydrogens (tertiary/aromatic N) is 17. The van der Waals surface area contributed by atoms with Crippen LogP contribution in [0.15, 0.2) is 90.1 Å². The van der Waals surface area contributed by atoms with E-state index in [0.717, 1.165) is 36.9 Å². The molecule has 2 N–H and O–H groups in total. The molecule has 0 bridgehead atoms. The zero-order valence-electron chi connectivity index (χ0n) is 59.1. The predicted molar refractivity (Wildman–Crippen MR) is 357 cm³/mol. The van der Waals surface area contributed by atoms with Gasteiger partial charge in [-0.15, -0.1) is 0 Å². The van der Waals surface area contributed by atoms with Crippen LogP contribution in [-0.4, -0.2) is 210 Å². The van der Waals surface area contributed by atoms with Gasteiger partial charge in [-0.1, -0.05) is 11.6 Å². The van der Waals surface area contributed by atoms with E-state index in [1.54, 1.807) is 27.0 Å². The summed E-state index contributed by atoms with van der Waals surface area (Å²) in [5, 5.41) is 30.1. The van der Waals surface area contributed by atoms with Crippen molar-refractivity contribution in [3.8, 4) is 17.6 Å². The Morgan fingerprint density at radius 3 is 1.24 bits per heavy atom. The SMILES string of the molecule is CC(C)(C)OC(=O)N1CC(O)C1.CC(C)(C)OC(=O)N1CC(Oc2nc(Cl)ncc2F)C1.Fc1cnc(Cl)nc1Cl.Fc1cnc(Cl)nc1OC1CNC1.O=C(N1CC(Oc2nc(Cl)ncc2F)C1)N1N=CC[C@H]1c1cc(F)cc(F)c1.O=C(N1N=CC[C@H]1c1cc(F)cc(F)c1)n1ccnc1.O=CO[O-].[Cs+].[Cs+].[H-]. The van der Waals surface area contributed by atoms with Gasteiger partial charge in [-0.3, -0.25) is 9.36 Å². The first-order valence-corrected chi connectivity index (χ1v) is 32.8. The fraction of sp³-hybridized carbons (Fsp3) is 0.387. The minimum absolute atomic E-state index is 0. The molecule has 0 saturated carbocycles. The molecule has 7 aromatic rings. The number of halogens is 13. The maximum Gasteiger partial charge on any atom is 1.00 e. The molecule has 6 aliphatic heterocycles. The maximum atomic E-state index is 13.6. The first-order chi connectivity index (χ1) is 50.0. The Hall–Kier alpha value is -5.67. The number of urea groups is 1. The maximum absolute atomic E-state index is 13.6. The van der Waals surface area contributed by atoms with Crippen molar-refractivity contribution in [1.82, 2.24) is 79.5 Å². The second-order valence-electron chi connectivity index (χ2n) is 24.3. The van der Waals surface area contributed by atoms with Crippen LogP contribution in [0.4, 0.5) is 54.3 Å². The van der Waals surface area contributed by atoms with E-state index in [-0.39, 0.29) is 227 Å². The van der Waals surface area contributed by atoms with Crippen LogP contribution in [0.25, 0.3) is 0 Å². The van der Waals surface area contributed by atoms with Gasteiger partial charge in [-0.05, 0) is 123 Å². The summed E-state index contributed by atoms with van der Waals surface area (Å²) in [6.07, 6.45) is 9.91. The molecule has 0 aliphatic carbocycles. The van der Waals surface area contributed by atoms with E-state index in [2.05, 4.69) is 65.3 Å². The Labute approximate surface area is 754 Å².